The van der Waals surface area contributed by atoms with E-state index in [-0.39, 0.29) is 6.04 Å². The number of rotatable bonds is 3. The Balaban J connectivity index is 2.21. The molecule has 88 valence electrons. The van der Waals surface area contributed by atoms with E-state index >= 15 is 0 Å². The van der Waals surface area contributed by atoms with Crippen LogP contribution in [0.2, 0.25) is 0 Å². The van der Waals surface area contributed by atoms with Gasteiger partial charge in [0, 0.05) is 32.7 Å². The number of hydrogen-bond acceptors (Lipinski definition) is 3. The lowest BCUT2D eigenvalue weighted by Gasteiger charge is -2.10. The van der Waals surface area contributed by atoms with Crippen LogP contribution in [0, 0.1) is 0 Å². The van der Waals surface area contributed by atoms with Crippen molar-refractivity contribution in [3.05, 3.63) is 52.8 Å². The lowest BCUT2D eigenvalue weighted by molar-refractivity contribution is 0.811. The molecule has 4 heteroatoms. The fourth-order valence-electron chi connectivity index (χ4n) is 1.48. The van der Waals surface area contributed by atoms with Gasteiger partial charge in [-0.05, 0) is 36.8 Å². The van der Waals surface area contributed by atoms with E-state index in [4.69, 9.17) is 5.73 Å². The highest BCUT2D eigenvalue weighted by Gasteiger charge is 2.06. The lowest BCUT2D eigenvalue weighted by Crippen LogP contribution is -2.05. The van der Waals surface area contributed by atoms with E-state index in [1.54, 1.807) is 24.2 Å². The van der Waals surface area contributed by atoms with E-state index in [2.05, 4.69) is 39.1 Å². The molecule has 1 unspecified atom stereocenters. The molecule has 1 aromatic heterocycles. The Hall–Kier alpha value is -0.840. The number of halogens is 1. The summed E-state index contributed by atoms with van der Waals surface area (Å²) in [6.07, 6.45) is 3.60. The normalized spacial score (nSPS) is 12.4. The number of aromatic nitrogens is 1. The minimum absolute atomic E-state index is 0.0457. The summed E-state index contributed by atoms with van der Waals surface area (Å²) in [5.74, 6) is 0. The Morgan fingerprint density at radius 3 is 2.47 bits per heavy atom. The van der Waals surface area contributed by atoms with E-state index in [1.807, 2.05) is 19.1 Å². The van der Waals surface area contributed by atoms with Gasteiger partial charge in [0.2, 0.25) is 0 Å². The van der Waals surface area contributed by atoms with Gasteiger partial charge in [0.1, 0.15) is 0 Å². The largest absolute Gasteiger partial charge is 0.324 e. The fourth-order valence-corrected chi connectivity index (χ4v) is 3.22. The maximum atomic E-state index is 5.87. The molecule has 0 bridgehead atoms. The molecule has 0 saturated carbocycles. The highest BCUT2D eigenvalue weighted by atomic mass is 79.9. The summed E-state index contributed by atoms with van der Waals surface area (Å²) in [4.78, 5) is 6.37. The van der Waals surface area contributed by atoms with Crippen LogP contribution in [0.3, 0.4) is 0 Å². The fraction of sp³-hybridized carbons (Fsp3) is 0.154. The van der Waals surface area contributed by atoms with Crippen LogP contribution in [0.15, 0.2) is 57.0 Å². The summed E-state index contributed by atoms with van der Waals surface area (Å²) in [5.41, 5.74) is 7.00. The molecule has 0 saturated heterocycles. The van der Waals surface area contributed by atoms with Crippen molar-refractivity contribution in [2.75, 3.05) is 0 Å². The number of nitrogens with zero attached hydrogens (tertiary/aromatic N) is 1. The van der Waals surface area contributed by atoms with Gasteiger partial charge < -0.3 is 5.73 Å². The van der Waals surface area contributed by atoms with Crippen LogP contribution in [0.25, 0.3) is 0 Å². The number of hydrogen-bond donors (Lipinski definition) is 1. The number of benzene rings is 1. The van der Waals surface area contributed by atoms with Crippen molar-refractivity contribution in [1.82, 2.24) is 4.98 Å². The molecule has 0 aliphatic carbocycles. The third kappa shape index (κ3) is 3.31. The zero-order chi connectivity index (χ0) is 12.3. The predicted octanol–water partition coefficient (Wildman–Crippen LogP) is 4.02. The molecule has 0 spiro atoms. The Labute approximate surface area is 114 Å². The topological polar surface area (TPSA) is 38.9 Å². The van der Waals surface area contributed by atoms with Gasteiger partial charge in [0.05, 0.1) is 0 Å². The van der Waals surface area contributed by atoms with Gasteiger partial charge in [-0.15, -0.1) is 0 Å². The molecule has 1 atom stereocenters. The van der Waals surface area contributed by atoms with Crippen LogP contribution >= 0.6 is 27.7 Å². The van der Waals surface area contributed by atoms with Crippen LogP contribution in [-0.4, -0.2) is 4.98 Å². The van der Waals surface area contributed by atoms with Crippen molar-refractivity contribution >= 4 is 27.7 Å². The Bertz CT molecular complexity index is 500. The molecule has 0 radical (unpaired) electrons. The van der Waals surface area contributed by atoms with Crippen LogP contribution in [0.4, 0.5) is 0 Å². The molecule has 0 aliphatic heterocycles. The van der Waals surface area contributed by atoms with Crippen molar-refractivity contribution in [3.63, 3.8) is 0 Å². The number of pyridine rings is 1. The van der Waals surface area contributed by atoms with Crippen molar-refractivity contribution < 1.29 is 0 Å². The van der Waals surface area contributed by atoms with Crippen molar-refractivity contribution in [2.45, 2.75) is 22.8 Å². The first kappa shape index (κ1) is 12.6. The van der Waals surface area contributed by atoms with Gasteiger partial charge in [-0.25, -0.2) is 0 Å². The maximum absolute atomic E-state index is 5.87. The van der Waals surface area contributed by atoms with E-state index in [0.717, 1.165) is 10.0 Å². The van der Waals surface area contributed by atoms with Crippen LogP contribution < -0.4 is 5.73 Å². The molecule has 2 N–H and O–H groups in total. The standard InChI is InChI=1S/C13H13BrN2S/c1-9(15)12-3-2-11(8-13(12)14)17-10-4-6-16-7-5-10/h2-9H,15H2,1H3. The summed E-state index contributed by atoms with van der Waals surface area (Å²) in [5, 5.41) is 0. The van der Waals surface area contributed by atoms with Crippen LogP contribution in [-0.2, 0) is 0 Å². The van der Waals surface area contributed by atoms with Gasteiger partial charge >= 0.3 is 0 Å². The van der Waals surface area contributed by atoms with E-state index < -0.39 is 0 Å². The molecular weight excluding hydrogens is 296 g/mol. The third-order valence-electron chi connectivity index (χ3n) is 2.35. The van der Waals surface area contributed by atoms with Crippen molar-refractivity contribution in [1.29, 1.82) is 0 Å². The second kappa shape index (κ2) is 5.67. The Morgan fingerprint density at radius 1 is 1.18 bits per heavy atom. The molecule has 0 aliphatic rings. The molecule has 1 aromatic carbocycles. The smallest absolute Gasteiger partial charge is 0.0279 e. The molecule has 17 heavy (non-hydrogen) atoms. The highest BCUT2D eigenvalue weighted by molar-refractivity contribution is 9.10. The minimum Gasteiger partial charge on any atom is -0.324 e. The molecule has 0 fully saturated rings. The van der Waals surface area contributed by atoms with Crippen LogP contribution in [0.1, 0.15) is 18.5 Å². The first-order valence-corrected chi connectivity index (χ1v) is 6.90. The van der Waals surface area contributed by atoms with Gasteiger partial charge in [-0.2, -0.15) is 0 Å². The maximum Gasteiger partial charge on any atom is 0.0279 e. The summed E-state index contributed by atoms with van der Waals surface area (Å²) in [6.45, 7) is 1.98. The second-order valence-corrected chi connectivity index (χ2v) is 5.76. The molecular formula is C13H13BrN2S. The predicted molar refractivity (Wildman–Crippen MR) is 75.1 cm³/mol. The molecule has 2 rings (SSSR count). The SMILES string of the molecule is CC(N)c1ccc(Sc2ccncc2)cc1Br. The molecule has 2 nitrogen and oxygen atoms in total. The van der Waals surface area contributed by atoms with Gasteiger partial charge in [0.15, 0.2) is 0 Å². The summed E-state index contributed by atoms with van der Waals surface area (Å²) in [6, 6.07) is 10.3. The number of nitrogens with two attached hydrogens (primary N) is 1. The lowest BCUT2D eigenvalue weighted by atomic mass is 10.1. The molecule has 0 amide bonds. The van der Waals surface area contributed by atoms with Gasteiger partial charge in [-0.1, -0.05) is 33.8 Å². The van der Waals surface area contributed by atoms with Gasteiger partial charge in [-0.3, -0.25) is 4.98 Å². The van der Waals surface area contributed by atoms with Crippen molar-refractivity contribution in [3.8, 4) is 0 Å². The van der Waals surface area contributed by atoms with Crippen molar-refractivity contribution in [2.24, 2.45) is 5.73 Å². The third-order valence-corrected chi connectivity index (χ3v) is 4.03. The minimum atomic E-state index is 0.0457. The monoisotopic (exact) mass is 308 g/mol. The average molecular weight is 309 g/mol. The molecule has 2 aromatic rings. The first-order valence-electron chi connectivity index (χ1n) is 5.30. The summed E-state index contributed by atoms with van der Waals surface area (Å²) in [7, 11) is 0. The highest BCUT2D eigenvalue weighted by Crippen LogP contribution is 2.32. The Morgan fingerprint density at radius 2 is 1.88 bits per heavy atom. The quantitative estimate of drug-likeness (QED) is 0.931. The average Bonchev–Trinajstić information content (AvgIpc) is 2.30. The van der Waals surface area contributed by atoms with Gasteiger partial charge in [0.25, 0.3) is 0 Å². The van der Waals surface area contributed by atoms with E-state index in [9.17, 15) is 0 Å². The van der Waals surface area contributed by atoms with E-state index in [1.165, 1.54) is 9.79 Å². The first-order chi connectivity index (χ1) is 8.16. The zero-order valence-corrected chi connectivity index (χ0v) is 11.8. The Kier molecular flexibility index (Phi) is 4.20. The van der Waals surface area contributed by atoms with E-state index in [0.29, 0.717) is 0 Å². The van der Waals surface area contributed by atoms with Crippen LogP contribution in [0.5, 0.6) is 0 Å². The molecule has 1 heterocycles. The summed E-state index contributed by atoms with van der Waals surface area (Å²) < 4.78 is 1.06. The second-order valence-electron chi connectivity index (χ2n) is 3.76. The zero-order valence-electron chi connectivity index (χ0n) is 9.43. The summed E-state index contributed by atoms with van der Waals surface area (Å²) >= 11 is 5.27.